The van der Waals surface area contributed by atoms with Crippen LogP contribution >= 0.6 is 11.6 Å². The van der Waals surface area contributed by atoms with Crippen molar-refractivity contribution in [3.8, 4) is 11.1 Å². The number of nitrogens with zero attached hydrogens (tertiary/aromatic N) is 3. The molecule has 1 atom stereocenters. The number of hydrogen-bond donors (Lipinski definition) is 1. The van der Waals surface area contributed by atoms with Crippen LogP contribution in [0.5, 0.6) is 0 Å². The van der Waals surface area contributed by atoms with Crippen molar-refractivity contribution in [3.05, 3.63) is 83.1 Å². The highest BCUT2D eigenvalue weighted by Gasteiger charge is 2.14. The van der Waals surface area contributed by atoms with Gasteiger partial charge in [0.2, 0.25) is 0 Å². The topological polar surface area (TPSA) is 42.2 Å². The molecule has 0 amide bonds. The van der Waals surface area contributed by atoms with Crippen molar-refractivity contribution in [1.29, 1.82) is 0 Å². The van der Waals surface area contributed by atoms with E-state index >= 15 is 0 Å². The second-order valence-electron chi connectivity index (χ2n) is 6.36. The molecule has 0 aliphatic carbocycles. The van der Waals surface area contributed by atoms with Gasteiger partial charge in [-0.3, -0.25) is 0 Å². The molecule has 0 saturated heterocycles. The van der Waals surface area contributed by atoms with E-state index in [-0.39, 0.29) is 6.04 Å². The molecule has 0 bridgehead atoms. The van der Waals surface area contributed by atoms with Crippen molar-refractivity contribution in [2.45, 2.75) is 19.9 Å². The third-order valence-electron chi connectivity index (χ3n) is 4.42. The smallest absolute Gasteiger partial charge is 0.165 e. The van der Waals surface area contributed by atoms with Crippen LogP contribution in [0.2, 0.25) is 5.02 Å². The lowest BCUT2D eigenvalue weighted by atomic mass is 10.1. The van der Waals surface area contributed by atoms with Crippen LogP contribution in [-0.4, -0.2) is 14.6 Å². The van der Waals surface area contributed by atoms with E-state index in [2.05, 4.69) is 29.5 Å². The lowest BCUT2D eigenvalue weighted by Gasteiger charge is -2.17. The lowest BCUT2D eigenvalue weighted by Crippen LogP contribution is -2.11. The van der Waals surface area contributed by atoms with E-state index < -0.39 is 0 Å². The van der Waals surface area contributed by atoms with Gasteiger partial charge < -0.3 is 5.32 Å². The van der Waals surface area contributed by atoms with E-state index in [1.807, 2.05) is 66.2 Å². The summed E-state index contributed by atoms with van der Waals surface area (Å²) < 4.78 is 1.86. The molecule has 0 radical (unpaired) electrons. The molecule has 4 aromatic rings. The molecule has 0 saturated carbocycles. The summed E-state index contributed by atoms with van der Waals surface area (Å²) in [4.78, 5) is 4.70. The number of fused-ring (bicyclic) bond motifs is 1. The maximum absolute atomic E-state index is 6.01. The molecule has 0 aliphatic rings. The third kappa shape index (κ3) is 3.16. The number of halogens is 1. The lowest BCUT2D eigenvalue weighted by molar-refractivity contribution is 0.838. The SMILES string of the molecule is Cc1cc(N[C@H](C)c2ccccc2)n2ncc(-c3ccc(Cl)cc3)c2n1. The maximum atomic E-state index is 6.01. The van der Waals surface area contributed by atoms with E-state index in [0.717, 1.165) is 28.3 Å². The zero-order valence-corrected chi connectivity index (χ0v) is 15.4. The van der Waals surface area contributed by atoms with Crippen LogP contribution in [-0.2, 0) is 0 Å². The Morgan fingerprint density at radius 2 is 1.77 bits per heavy atom. The van der Waals surface area contributed by atoms with Gasteiger partial charge in [0.15, 0.2) is 5.65 Å². The first-order valence-corrected chi connectivity index (χ1v) is 8.92. The zero-order valence-electron chi connectivity index (χ0n) is 14.6. The molecule has 4 rings (SSSR count). The monoisotopic (exact) mass is 362 g/mol. The summed E-state index contributed by atoms with van der Waals surface area (Å²) in [5.41, 5.74) is 5.02. The molecule has 0 unspecified atom stereocenters. The second-order valence-corrected chi connectivity index (χ2v) is 6.80. The number of aromatic nitrogens is 3. The Morgan fingerprint density at radius 3 is 2.50 bits per heavy atom. The fraction of sp³-hybridized carbons (Fsp3) is 0.143. The number of nitrogens with one attached hydrogen (secondary N) is 1. The number of benzene rings is 2. The van der Waals surface area contributed by atoms with E-state index in [1.54, 1.807) is 0 Å². The summed E-state index contributed by atoms with van der Waals surface area (Å²) in [6, 6.07) is 20.3. The maximum Gasteiger partial charge on any atom is 0.165 e. The average Bonchev–Trinajstić information content (AvgIpc) is 3.07. The molecule has 0 fully saturated rings. The van der Waals surface area contributed by atoms with Crippen LogP contribution in [0.3, 0.4) is 0 Å². The van der Waals surface area contributed by atoms with Crippen molar-refractivity contribution in [2.75, 3.05) is 5.32 Å². The van der Waals surface area contributed by atoms with Crippen molar-refractivity contribution in [1.82, 2.24) is 14.6 Å². The van der Waals surface area contributed by atoms with Crippen molar-refractivity contribution >= 4 is 23.1 Å². The molecule has 2 aromatic heterocycles. The quantitative estimate of drug-likeness (QED) is 0.519. The van der Waals surface area contributed by atoms with Gasteiger partial charge in [0.1, 0.15) is 5.82 Å². The normalized spacial score (nSPS) is 12.3. The highest BCUT2D eigenvalue weighted by Crippen LogP contribution is 2.28. The Balaban J connectivity index is 1.75. The third-order valence-corrected chi connectivity index (χ3v) is 4.67. The molecule has 130 valence electrons. The second kappa shape index (κ2) is 6.81. The minimum Gasteiger partial charge on any atom is -0.363 e. The van der Waals surface area contributed by atoms with Crippen LogP contribution in [0.15, 0.2) is 66.9 Å². The van der Waals surface area contributed by atoms with Gasteiger partial charge in [-0.1, -0.05) is 54.1 Å². The van der Waals surface area contributed by atoms with E-state index in [1.165, 1.54) is 5.56 Å². The predicted octanol–water partition coefficient (Wildman–Crippen LogP) is 5.53. The molecule has 4 nitrogen and oxygen atoms in total. The minimum absolute atomic E-state index is 0.157. The molecular weight excluding hydrogens is 344 g/mol. The van der Waals surface area contributed by atoms with Gasteiger partial charge in [0, 0.05) is 28.4 Å². The van der Waals surface area contributed by atoms with Crippen LogP contribution < -0.4 is 5.32 Å². The van der Waals surface area contributed by atoms with Gasteiger partial charge in [-0.25, -0.2) is 4.98 Å². The summed E-state index contributed by atoms with van der Waals surface area (Å²) in [6.07, 6.45) is 1.85. The van der Waals surface area contributed by atoms with Crippen LogP contribution in [0.4, 0.5) is 5.82 Å². The van der Waals surface area contributed by atoms with Gasteiger partial charge in [0.05, 0.1) is 6.20 Å². The number of hydrogen-bond acceptors (Lipinski definition) is 3. The summed E-state index contributed by atoms with van der Waals surface area (Å²) >= 11 is 6.01. The summed E-state index contributed by atoms with van der Waals surface area (Å²) in [5, 5.41) is 8.84. The highest BCUT2D eigenvalue weighted by molar-refractivity contribution is 6.30. The van der Waals surface area contributed by atoms with Crippen molar-refractivity contribution in [2.24, 2.45) is 0 Å². The van der Waals surface area contributed by atoms with Gasteiger partial charge in [-0.2, -0.15) is 9.61 Å². The molecular formula is C21H19ClN4. The first-order chi connectivity index (χ1) is 12.6. The summed E-state index contributed by atoms with van der Waals surface area (Å²) in [7, 11) is 0. The number of aryl methyl sites for hydroxylation is 1. The standard InChI is InChI=1S/C21H19ClN4/c1-14-12-20(25-15(2)16-6-4-3-5-7-16)26-21(24-14)19(13-23-26)17-8-10-18(22)11-9-17/h3-13,15,25H,1-2H3/t15-/m1/s1. The van der Waals surface area contributed by atoms with Crippen LogP contribution in [0.25, 0.3) is 16.8 Å². The summed E-state index contributed by atoms with van der Waals surface area (Å²) in [5.74, 6) is 0.920. The van der Waals surface area contributed by atoms with Gasteiger partial charge in [0.25, 0.3) is 0 Å². The van der Waals surface area contributed by atoms with E-state index in [0.29, 0.717) is 5.02 Å². The fourth-order valence-corrected chi connectivity index (χ4v) is 3.19. The molecule has 1 N–H and O–H groups in total. The summed E-state index contributed by atoms with van der Waals surface area (Å²) in [6.45, 7) is 4.14. The Bertz CT molecular complexity index is 1040. The Labute approximate surface area is 157 Å². The Morgan fingerprint density at radius 1 is 1.04 bits per heavy atom. The molecule has 5 heteroatoms. The molecule has 26 heavy (non-hydrogen) atoms. The van der Waals surface area contributed by atoms with Crippen LogP contribution in [0, 0.1) is 6.92 Å². The first kappa shape index (κ1) is 16.6. The van der Waals surface area contributed by atoms with Gasteiger partial charge in [-0.15, -0.1) is 0 Å². The largest absolute Gasteiger partial charge is 0.363 e. The van der Waals surface area contributed by atoms with Gasteiger partial charge in [-0.05, 0) is 37.1 Å². The van der Waals surface area contributed by atoms with E-state index in [9.17, 15) is 0 Å². The zero-order chi connectivity index (χ0) is 18.1. The van der Waals surface area contributed by atoms with Gasteiger partial charge >= 0.3 is 0 Å². The van der Waals surface area contributed by atoms with Crippen molar-refractivity contribution < 1.29 is 0 Å². The first-order valence-electron chi connectivity index (χ1n) is 8.54. The van der Waals surface area contributed by atoms with Crippen LogP contribution in [0.1, 0.15) is 24.2 Å². The Hall–Kier alpha value is -2.85. The van der Waals surface area contributed by atoms with E-state index in [4.69, 9.17) is 16.6 Å². The van der Waals surface area contributed by atoms with Crippen molar-refractivity contribution in [3.63, 3.8) is 0 Å². The molecule has 0 aliphatic heterocycles. The minimum atomic E-state index is 0.157. The molecule has 2 aromatic carbocycles. The molecule has 2 heterocycles. The molecule has 0 spiro atoms. The fourth-order valence-electron chi connectivity index (χ4n) is 3.07. The average molecular weight is 363 g/mol. The predicted molar refractivity (Wildman–Crippen MR) is 107 cm³/mol. The Kier molecular flexibility index (Phi) is 4.35. The number of anilines is 1. The highest BCUT2D eigenvalue weighted by atomic mass is 35.5. The number of rotatable bonds is 4.